The van der Waals surface area contributed by atoms with Crippen LogP contribution in [-0.2, 0) is 9.53 Å². The van der Waals surface area contributed by atoms with Crippen molar-refractivity contribution in [2.75, 3.05) is 18.1 Å². The average Bonchev–Trinajstić information content (AvgIpc) is 3.40. The van der Waals surface area contributed by atoms with Crippen molar-refractivity contribution < 1.29 is 18.7 Å². The maximum absolute atomic E-state index is 14.7. The van der Waals surface area contributed by atoms with E-state index in [-0.39, 0.29) is 12.3 Å². The number of rotatable bonds is 8. The summed E-state index contributed by atoms with van der Waals surface area (Å²) in [5, 5.41) is 1.77. The number of aromatic nitrogens is 1. The zero-order valence-corrected chi connectivity index (χ0v) is 19.7. The Balaban J connectivity index is 1.82. The van der Waals surface area contributed by atoms with Crippen molar-refractivity contribution in [3.63, 3.8) is 0 Å². The van der Waals surface area contributed by atoms with Crippen LogP contribution in [0, 0.1) is 11.7 Å². The number of anilines is 1. The second-order valence-electron chi connectivity index (χ2n) is 6.88. The van der Waals surface area contributed by atoms with Gasteiger partial charge in [-0.3, -0.25) is 9.88 Å². The van der Waals surface area contributed by atoms with Gasteiger partial charge in [0.25, 0.3) is 0 Å². The van der Waals surface area contributed by atoms with E-state index in [4.69, 9.17) is 4.74 Å². The lowest BCUT2D eigenvalue weighted by Gasteiger charge is -2.28. The first-order valence-electron chi connectivity index (χ1n) is 9.72. The van der Waals surface area contributed by atoms with E-state index in [0.717, 1.165) is 41.7 Å². The number of benzene rings is 1. The van der Waals surface area contributed by atoms with E-state index in [1.807, 2.05) is 0 Å². The number of nitrogens with zero attached hydrogens (tertiary/aromatic N) is 2. The molecule has 30 heavy (non-hydrogen) atoms. The molecule has 2 aromatic rings. The first-order valence-corrected chi connectivity index (χ1v) is 12.3. The van der Waals surface area contributed by atoms with Crippen LogP contribution in [-0.4, -0.2) is 35.5 Å². The molecule has 1 unspecified atom stereocenters. The third-order valence-corrected chi connectivity index (χ3v) is 7.28. The highest BCUT2D eigenvalue weighted by atomic mass is 79.9. The molecule has 0 aliphatic heterocycles. The molecule has 6 nitrogen and oxygen atoms in total. The summed E-state index contributed by atoms with van der Waals surface area (Å²) in [7, 11) is 0. The number of ether oxygens (including phenoxy) is 1. The van der Waals surface area contributed by atoms with Crippen LogP contribution in [0.4, 0.5) is 14.9 Å². The molecule has 3 rings (SSSR count). The zero-order chi connectivity index (χ0) is 21.5. The Bertz CT molecular complexity index is 863. The number of carbonyl (C=O) groups excluding carboxylic acids is 2. The van der Waals surface area contributed by atoms with Gasteiger partial charge in [-0.15, -0.1) is 11.3 Å². The summed E-state index contributed by atoms with van der Waals surface area (Å²) in [6, 6.07) is 4.07. The molecule has 1 aliphatic rings. The third-order valence-electron chi connectivity index (χ3n) is 4.76. The average molecular weight is 516 g/mol. The zero-order valence-electron chi connectivity index (χ0n) is 16.5. The highest BCUT2D eigenvalue weighted by Gasteiger charge is 2.30. The fourth-order valence-electron chi connectivity index (χ4n) is 3.36. The largest absolute Gasteiger partial charge is 0.464 e. The van der Waals surface area contributed by atoms with Crippen LogP contribution >= 0.6 is 39.0 Å². The number of hydrogen-bond acceptors (Lipinski definition) is 6. The van der Waals surface area contributed by atoms with Gasteiger partial charge in [-0.2, -0.15) is 0 Å². The van der Waals surface area contributed by atoms with Gasteiger partial charge in [-0.1, -0.05) is 40.5 Å². The monoisotopic (exact) mass is 515 g/mol. The number of thioether (sulfide) groups is 1. The van der Waals surface area contributed by atoms with Crippen LogP contribution in [0.2, 0.25) is 0 Å². The van der Waals surface area contributed by atoms with Crippen LogP contribution in [0.5, 0.6) is 0 Å². The molecule has 1 aromatic carbocycles. The van der Waals surface area contributed by atoms with E-state index < -0.39 is 23.2 Å². The first kappa shape index (κ1) is 23.0. The molecule has 162 valence electrons. The van der Waals surface area contributed by atoms with Crippen LogP contribution in [0.3, 0.4) is 0 Å². The molecular weight excluding hydrogens is 493 g/mol. The minimum atomic E-state index is -0.956. The lowest BCUT2D eigenvalue weighted by atomic mass is 10.1. The Hall–Kier alpha value is -1.65. The molecule has 0 saturated heterocycles. The predicted octanol–water partition coefficient (Wildman–Crippen LogP) is 5.43. The summed E-state index contributed by atoms with van der Waals surface area (Å²) >= 11 is 5.77. The number of hydrogen-bond donors (Lipinski definition) is 1. The second kappa shape index (κ2) is 11.1. The second-order valence-corrected chi connectivity index (χ2v) is 10.1. The summed E-state index contributed by atoms with van der Waals surface area (Å²) in [5.74, 6) is -0.754. The Morgan fingerprint density at radius 1 is 1.43 bits per heavy atom. The van der Waals surface area contributed by atoms with Crippen molar-refractivity contribution in [2.24, 2.45) is 5.92 Å². The van der Waals surface area contributed by atoms with Gasteiger partial charge in [0.15, 0.2) is 5.37 Å². The van der Waals surface area contributed by atoms with E-state index >= 15 is 0 Å². The van der Waals surface area contributed by atoms with Crippen LogP contribution < -0.4 is 10.2 Å². The van der Waals surface area contributed by atoms with Gasteiger partial charge in [-0.25, -0.2) is 14.0 Å². The van der Waals surface area contributed by atoms with E-state index in [9.17, 15) is 14.0 Å². The molecule has 1 aliphatic carbocycles. The summed E-state index contributed by atoms with van der Waals surface area (Å²) in [6.07, 6.45) is 5.83. The van der Waals surface area contributed by atoms with Crippen molar-refractivity contribution in [2.45, 2.75) is 42.2 Å². The molecule has 1 fully saturated rings. The Kier molecular flexibility index (Phi) is 8.52. The van der Waals surface area contributed by atoms with Crippen LogP contribution in [0.15, 0.2) is 38.6 Å². The molecule has 1 heterocycles. The molecule has 0 bridgehead atoms. The molecule has 1 aromatic heterocycles. The number of carbonyl (C=O) groups is 2. The highest BCUT2D eigenvalue weighted by Crippen LogP contribution is 2.31. The highest BCUT2D eigenvalue weighted by molar-refractivity contribution is 9.10. The third kappa shape index (κ3) is 6.18. The van der Waals surface area contributed by atoms with Crippen molar-refractivity contribution in [1.29, 1.82) is 0 Å². The van der Waals surface area contributed by atoms with Crippen molar-refractivity contribution >= 4 is 56.7 Å². The van der Waals surface area contributed by atoms with Gasteiger partial charge in [0.1, 0.15) is 5.82 Å². The van der Waals surface area contributed by atoms with Gasteiger partial charge >= 0.3 is 12.0 Å². The molecule has 0 radical (unpaired) electrons. The summed E-state index contributed by atoms with van der Waals surface area (Å²) < 4.78 is 21.2. The lowest BCUT2D eigenvalue weighted by Crippen LogP contribution is -2.48. The fraction of sp³-hybridized carbons (Fsp3) is 0.450. The maximum atomic E-state index is 14.7. The summed E-state index contributed by atoms with van der Waals surface area (Å²) in [5.41, 5.74) is 1.84. The quantitative estimate of drug-likeness (QED) is 0.288. The molecule has 1 saturated carbocycles. The minimum Gasteiger partial charge on any atom is -0.464 e. The van der Waals surface area contributed by atoms with Crippen molar-refractivity contribution in [1.82, 2.24) is 10.3 Å². The molecular formula is C20H23BrFN3O3S2. The number of amides is 2. The number of urea groups is 1. The fourth-order valence-corrected chi connectivity index (χ4v) is 5.36. The Labute approximate surface area is 191 Å². The SMILES string of the molecule is CCOC(=O)C(NC(=O)N(CC1CCCC1)c1ccc(Br)cc1F)Sc1cncs1. The topological polar surface area (TPSA) is 71.5 Å². The number of thiazole rings is 1. The van der Waals surface area contributed by atoms with E-state index in [0.29, 0.717) is 16.9 Å². The molecule has 2 amide bonds. The molecule has 1 atom stereocenters. The van der Waals surface area contributed by atoms with Gasteiger partial charge in [0.05, 0.1) is 28.2 Å². The van der Waals surface area contributed by atoms with Gasteiger partial charge in [0, 0.05) is 11.0 Å². The number of halogens is 2. The van der Waals surface area contributed by atoms with Gasteiger partial charge < -0.3 is 10.1 Å². The molecule has 0 spiro atoms. The van der Waals surface area contributed by atoms with E-state index in [2.05, 4.69) is 26.2 Å². The summed E-state index contributed by atoms with van der Waals surface area (Å²) in [4.78, 5) is 31.1. The van der Waals surface area contributed by atoms with Gasteiger partial charge in [0.2, 0.25) is 0 Å². The summed E-state index contributed by atoms with van der Waals surface area (Å²) in [6.45, 7) is 2.30. The van der Waals surface area contributed by atoms with E-state index in [1.165, 1.54) is 22.3 Å². The first-order chi connectivity index (χ1) is 14.5. The van der Waals surface area contributed by atoms with Gasteiger partial charge in [-0.05, 0) is 43.9 Å². The molecule has 1 N–H and O–H groups in total. The van der Waals surface area contributed by atoms with Crippen LogP contribution in [0.25, 0.3) is 0 Å². The smallest absolute Gasteiger partial charge is 0.339 e. The minimum absolute atomic E-state index is 0.188. The Morgan fingerprint density at radius 2 is 2.20 bits per heavy atom. The normalized spacial score (nSPS) is 15.0. The standard InChI is InChI=1S/C20H23BrFN3O3S2/c1-2-28-19(26)18(30-17-10-23-12-29-17)24-20(27)25(11-13-5-3-4-6-13)16-8-7-14(21)9-15(16)22/h7-10,12-13,18H,2-6,11H2,1H3,(H,24,27). The van der Waals surface area contributed by atoms with Crippen molar-refractivity contribution in [3.8, 4) is 0 Å². The predicted molar refractivity (Wildman–Crippen MR) is 120 cm³/mol. The molecule has 10 heteroatoms. The maximum Gasteiger partial charge on any atom is 0.339 e. The number of nitrogens with one attached hydrogen (secondary N) is 1. The lowest BCUT2D eigenvalue weighted by molar-refractivity contribution is -0.142. The van der Waals surface area contributed by atoms with E-state index in [1.54, 1.807) is 30.8 Å². The van der Waals surface area contributed by atoms with Crippen LogP contribution in [0.1, 0.15) is 32.6 Å². The van der Waals surface area contributed by atoms with Crippen molar-refractivity contribution in [3.05, 3.63) is 40.2 Å². The number of esters is 1. The Morgan fingerprint density at radius 3 is 2.83 bits per heavy atom.